The summed E-state index contributed by atoms with van der Waals surface area (Å²) in [7, 11) is 2.11. The minimum atomic E-state index is -0.00520. The maximum Gasteiger partial charge on any atom is 0.133 e. The van der Waals surface area contributed by atoms with Gasteiger partial charge in [-0.05, 0) is 31.7 Å². The van der Waals surface area contributed by atoms with Gasteiger partial charge in [-0.25, -0.2) is 9.97 Å². The Labute approximate surface area is 127 Å². The molecule has 0 saturated carbocycles. The highest BCUT2D eigenvalue weighted by atomic mass is 15.1. The lowest BCUT2D eigenvalue weighted by molar-refractivity contribution is 0.252. The van der Waals surface area contributed by atoms with Gasteiger partial charge in [-0.3, -0.25) is 9.88 Å². The number of hydrogen-bond donors (Lipinski definition) is 0. The molecular formula is C17H24N4. The van der Waals surface area contributed by atoms with Gasteiger partial charge in [-0.1, -0.05) is 20.8 Å². The van der Waals surface area contributed by atoms with E-state index in [9.17, 15) is 0 Å². The van der Waals surface area contributed by atoms with E-state index in [-0.39, 0.29) is 5.41 Å². The second kappa shape index (κ2) is 6.31. The molecule has 0 unspecified atom stereocenters. The lowest BCUT2D eigenvalue weighted by atomic mass is 9.96. The molecule has 0 fully saturated rings. The lowest BCUT2D eigenvalue weighted by Crippen LogP contribution is -2.23. The predicted octanol–water partition coefficient (Wildman–Crippen LogP) is 3.36. The zero-order valence-electron chi connectivity index (χ0n) is 13.5. The molecule has 0 bridgehead atoms. The standard InChI is InChI=1S/C17H24N4/c1-13(15-6-8-18-9-7-15)21(5)12-14-10-19-16(20-11-14)17(2,3)4/h6-11,13H,12H2,1-5H3/t13-/m1/s1. The highest BCUT2D eigenvalue weighted by Gasteiger charge is 2.17. The van der Waals surface area contributed by atoms with E-state index in [4.69, 9.17) is 0 Å². The first-order valence-corrected chi connectivity index (χ1v) is 7.29. The topological polar surface area (TPSA) is 41.9 Å². The summed E-state index contributed by atoms with van der Waals surface area (Å²) in [6.07, 6.45) is 7.54. The molecule has 21 heavy (non-hydrogen) atoms. The largest absolute Gasteiger partial charge is 0.295 e. The Balaban J connectivity index is 2.04. The molecule has 2 aromatic heterocycles. The van der Waals surface area contributed by atoms with Gasteiger partial charge in [0, 0.05) is 48.4 Å². The van der Waals surface area contributed by atoms with Gasteiger partial charge in [0.1, 0.15) is 5.82 Å². The van der Waals surface area contributed by atoms with Crippen molar-refractivity contribution in [2.45, 2.75) is 45.7 Å². The van der Waals surface area contributed by atoms with Crippen LogP contribution in [-0.2, 0) is 12.0 Å². The first-order chi connectivity index (χ1) is 9.88. The van der Waals surface area contributed by atoms with Crippen LogP contribution < -0.4 is 0 Å². The number of rotatable bonds is 4. The summed E-state index contributed by atoms with van der Waals surface area (Å²) in [6.45, 7) is 9.40. The molecule has 112 valence electrons. The maximum atomic E-state index is 4.49. The van der Waals surface area contributed by atoms with Gasteiger partial charge >= 0.3 is 0 Å². The molecule has 0 saturated heterocycles. The minimum Gasteiger partial charge on any atom is -0.295 e. The van der Waals surface area contributed by atoms with Crippen molar-refractivity contribution in [2.75, 3.05) is 7.05 Å². The molecular weight excluding hydrogens is 260 g/mol. The fourth-order valence-corrected chi connectivity index (χ4v) is 2.15. The molecule has 0 N–H and O–H groups in total. The highest BCUT2D eigenvalue weighted by Crippen LogP contribution is 2.21. The monoisotopic (exact) mass is 284 g/mol. The molecule has 0 aliphatic heterocycles. The first kappa shape index (κ1) is 15.6. The summed E-state index contributed by atoms with van der Waals surface area (Å²) in [4.78, 5) is 15.3. The van der Waals surface area contributed by atoms with E-state index in [1.54, 1.807) is 0 Å². The molecule has 1 atom stereocenters. The fourth-order valence-electron chi connectivity index (χ4n) is 2.15. The van der Waals surface area contributed by atoms with Crippen LogP contribution in [0.15, 0.2) is 36.9 Å². The third kappa shape index (κ3) is 4.08. The van der Waals surface area contributed by atoms with Crippen molar-refractivity contribution in [1.82, 2.24) is 19.9 Å². The number of pyridine rings is 1. The Bertz CT molecular complexity index is 558. The van der Waals surface area contributed by atoms with E-state index in [1.165, 1.54) is 5.56 Å². The Hall–Kier alpha value is -1.81. The normalized spacial score (nSPS) is 13.4. The van der Waals surface area contributed by atoms with E-state index in [1.807, 2.05) is 24.8 Å². The molecule has 2 rings (SSSR count). The van der Waals surface area contributed by atoms with Crippen molar-refractivity contribution in [3.63, 3.8) is 0 Å². The van der Waals surface area contributed by atoms with Crippen molar-refractivity contribution in [2.24, 2.45) is 0 Å². The molecule has 0 aliphatic rings. The molecule has 0 spiro atoms. The van der Waals surface area contributed by atoms with Crippen LogP contribution in [0.25, 0.3) is 0 Å². The summed E-state index contributed by atoms with van der Waals surface area (Å²) in [5, 5.41) is 0. The van der Waals surface area contributed by atoms with E-state index >= 15 is 0 Å². The maximum absolute atomic E-state index is 4.49. The Morgan fingerprint density at radius 3 is 2.19 bits per heavy atom. The quantitative estimate of drug-likeness (QED) is 0.863. The van der Waals surface area contributed by atoms with Gasteiger partial charge < -0.3 is 0 Å². The SMILES string of the molecule is C[C@H](c1ccncc1)N(C)Cc1cnc(C(C)(C)C)nc1. The zero-order valence-corrected chi connectivity index (χ0v) is 13.5. The van der Waals surface area contributed by atoms with Gasteiger partial charge in [0.2, 0.25) is 0 Å². The first-order valence-electron chi connectivity index (χ1n) is 7.29. The van der Waals surface area contributed by atoms with Gasteiger partial charge in [-0.2, -0.15) is 0 Å². The zero-order chi connectivity index (χ0) is 15.5. The molecule has 2 heterocycles. The van der Waals surface area contributed by atoms with Gasteiger partial charge in [0.05, 0.1) is 0 Å². The van der Waals surface area contributed by atoms with E-state index in [0.29, 0.717) is 6.04 Å². The third-order valence-electron chi connectivity index (χ3n) is 3.66. The van der Waals surface area contributed by atoms with Crippen molar-refractivity contribution in [3.8, 4) is 0 Å². The van der Waals surface area contributed by atoms with Crippen molar-refractivity contribution in [1.29, 1.82) is 0 Å². The van der Waals surface area contributed by atoms with Gasteiger partial charge in [-0.15, -0.1) is 0 Å². The highest BCUT2D eigenvalue weighted by molar-refractivity contribution is 5.15. The summed E-state index contributed by atoms with van der Waals surface area (Å²) < 4.78 is 0. The molecule has 2 aromatic rings. The van der Waals surface area contributed by atoms with Crippen LogP contribution in [0.3, 0.4) is 0 Å². The summed E-state index contributed by atoms with van der Waals surface area (Å²) in [5.41, 5.74) is 2.39. The van der Waals surface area contributed by atoms with Crippen LogP contribution in [-0.4, -0.2) is 26.9 Å². The number of hydrogen-bond acceptors (Lipinski definition) is 4. The molecule has 0 aliphatic carbocycles. The van der Waals surface area contributed by atoms with Crippen LogP contribution in [0, 0.1) is 0 Å². The molecule has 4 nitrogen and oxygen atoms in total. The molecule has 0 radical (unpaired) electrons. The third-order valence-corrected chi connectivity index (χ3v) is 3.66. The Morgan fingerprint density at radius 1 is 1.10 bits per heavy atom. The predicted molar refractivity (Wildman–Crippen MR) is 84.9 cm³/mol. The Morgan fingerprint density at radius 2 is 1.67 bits per heavy atom. The smallest absolute Gasteiger partial charge is 0.133 e. The number of nitrogens with zero attached hydrogens (tertiary/aromatic N) is 4. The summed E-state index contributed by atoms with van der Waals surface area (Å²) in [5.74, 6) is 0.885. The molecule has 0 amide bonds. The average Bonchev–Trinajstić information content (AvgIpc) is 2.47. The van der Waals surface area contributed by atoms with Gasteiger partial charge in [0.25, 0.3) is 0 Å². The van der Waals surface area contributed by atoms with Crippen LogP contribution in [0.4, 0.5) is 0 Å². The average molecular weight is 284 g/mol. The van der Waals surface area contributed by atoms with Gasteiger partial charge in [0.15, 0.2) is 0 Å². The summed E-state index contributed by atoms with van der Waals surface area (Å²) >= 11 is 0. The van der Waals surface area contributed by atoms with E-state index in [0.717, 1.165) is 17.9 Å². The van der Waals surface area contributed by atoms with E-state index < -0.39 is 0 Å². The van der Waals surface area contributed by atoms with Crippen LogP contribution in [0.5, 0.6) is 0 Å². The number of aromatic nitrogens is 3. The van der Waals surface area contributed by atoms with Crippen molar-refractivity contribution < 1.29 is 0 Å². The second-order valence-corrected chi connectivity index (χ2v) is 6.54. The van der Waals surface area contributed by atoms with Crippen molar-refractivity contribution >= 4 is 0 Å². The van der Waals surface area contributed by atoms with Crippen LogP contribution in [0.2, 0.25) is 0 Å². The van der Waals surface area contributed by atoms with E-state index in [2.05, 4.69) is 66.7 Å². The molecule has 4 heteroatoms. The fraction of sp³-hybridized carbons (Fsp3) is 0.471. The minimum absolute atomic E-state index is 0.00520. The summed E-state index contributed by atoms with van der Waals surface area (Å²) in [6, 6.07) is 4.44. The van der Waals surface area contributed by atoms with Crippen LogP contribution >= 0.6 is 0 Å². The van der Waals surface area contributed by atoms with Crippen molar-refractivity contribution in [3.05, 3.63) is 53.9 Å². The Kier molecular flexibility index (Phi) is 4.68. The second-order valence-electron chi connectivity index (χ2n) is 6.54. The lowest BCUT2D eigenvalue weighted by Gasteiger charge is -2.25. The molecule has 0 aromatic carbocycles. The van der Waals surface area contributed by atoms with Crippen LogP contribution in [0.1, 0.15) is 50.7 Å².